The molecule has 2 aromatic rings. The highest BCUT2D eigenvalue weighted by Crippen LogP contribution is 2.51. The Morgan fingerprint density at radius 2 is 1.89 bits per heavy atom. The van der Waals surface area contributed by atoms with E-state index in [2.05, 4.69) is 15.0 Å². The molecular weight excluding hydrogens is 245 g/mol. The van der Waals surface area contributed by atoms with Crippen LogP contribution in [0.2, 0.25) is 0 Å². The van der Waals surface area contributed by atoms with Crippen molar-refractivity contribution < 1.29 is 4.57 Å². The summed E-state index contributed by atoms with van der Waals surface area (Å²) >= 11 is 0. The van der Waals surface area contributed by atoms with Crippen LogP contribution in [0.15, 0.2) is 12.3 Å². The summed E-state index contributed by atoms with van der Waals surface area (Å²) in [5.74, 6) is 0.717. The van der Waals surface area contributed by atoms with Gasteiger partial charge in [0.05, 0.1) is 5.69 Å². The molecule has 3 heterocycles. The van der Waals surface area contributed by atoms with Crippen molar-refractivity contribution >= 4 is 23.5 Å². The molecule has 0 bridgehead atoms. The van der Waals surface area contributed by atoms with Crippen LogP contribution in [-0.4, -0.2) is 27.3 Å². The summed E-state index contributed by atoms with van der Waals surface area (Å²) in [4.78, 5) is 13.0. The SMILES string of the molecule is Cc1ncc2cc(P3(=O)CCCC3)c(C)nc2n1. The van der Waals surface area contributed by atoms with Gasteiger partial charge in [0.25, 0.3) is 0 Å². The fourth-order valence-electron chi connectivity index (χ4n) is 2.63. The predicted molar refractivity (Wildman–Crippen MR) is 73.0 cm³/mol. The molecule has 94 valence electrons. The zero-order valence-corrected chi connectivity index (χ0v) is 11.6. The number of nitrogens with zero attached hydrogens (tertiary/aromatic N) is 3. The molecule has 0 unspecified atom stereocenters. The first-order valence-electron chi connectivity index (χ1n) is 6.28. The molecule has 1 aliphatic rings. The van der Waals surface area contributed by atoms with Crippen LogP contribution < -0.4 is 5.30 Å². The van der Waals surface area contributed by atoms with Crippen molar-refractivity contribution in [2.45, 2.75) is 26.7 Å². The van der Waals surface area contributed by atoms with Crippen molar-refractivity contribution in [2.24, 2.45) is 0 Å². The van der Waals surface area contributed by atoms with Crippen LogP contribution in [0, 0.1) is 13.8 Å². The van der Waals surface area contributed by atoms with Gasteiger partial charge in [-0.25, -0.2) is 15.0 Å². The average Bonchev–Trinajstić information content (AvgIpc) is 2.76. The molecule has 5 heteroatoms. The lowest BCUT2D eigenvalue weighted by molar-refractivity contribution is 0.585. The van der Waals surface area contributed by atoms with Crippen molar-refractivity contribution in [1.29, 1.82) is 0 Å². The number of fused-ring (bicyclic) bond motifs is 1. The number of hydrogen-bond donors (Lipinski definition) is 0. The molecule has 0 spiro atoms. The van der Waals surface area contributed by atoms with Gasteiger partial charge in [-0.2, -0.15) is 0 Å². The molecule has 0 aliphatic carbocycles. The van der Waals surface area contributed by atoms with Crippen LogP contribution in [-0.2, 0) is 4.57 Å². The maximum atomic E-state index is 12.9. The van der Waals surface area contributed by atoms with Gasteiger partial charge in [-0.05, 0) is 32.8 Å². The van der Waals surface area contributed by atoms with Crippen LogP contribution in [0.25, 0.3) is 11.0 Å². The third-order valence-corrected chi connectivity index (χ3v) is 6.99. The molecule has 0 amide bonds. The first kappa shape index (κ1) is 11.8. The van der Waals surface area contributed by atoms with Gasteiger partial charge in [0.15, 0.2) is 5.65 Å². The van der Waals surface area contributed by atoms with Gasteiger partial charge in [0.2, 0.25) is 0 Å². The van der Waals surface area contributed by atoms with Crippen LogP contribution in [0.4, 0.5) is 0 Å². The minimum absolute atomic E-state index is 0.703. The Bertz CT molecular complexity index is 659. The van der Waals surface area contributed by atoms with Gasteiger partial charge in [0.1, 0.15) is 13.0 Å². The molecule has 3 rings (SSSR count). The number of aryl methyl sites for hydroxylation is 2. The summed E-state index contributed by atoms with van der Waals surface area (Å²) in [6, 6.07) is 1.99. The minimum Gasteiger partial charge on any atom is -0.319 e. The smallest absolute Gasteiger partial charge is 0.163 e. The van der Waals surface area contributed by atoms with Gasteiger partial charge in [-0.15, -0.1) is 0 Å². The first-order chi connectivity index (χ1) is 8.58. The maximum absolute atomic E-state index is 12.9. The van der Waals surface area contributed by atoms with E-state index in [-0.39, 0.29) is 0 Å². The zero-order chi connectivity index (χ0) is 12.8. The monoisotopic (exact) mass is 261 g/mol. The van der Waals surface area contributed by atoms with Crippen molar-refractivity contribution in [3.63, 3.8) is 0 Å². The molecule has 1 aliphatic heterocycles. The Morgan fingerprint density at radius 1 is 1.17 bits per heavy atom. The number of hydrogen-bond acceptors (Lipinski definition) is 4. The van der Waals surface area contributed by atoms with E-state index in [4.69, 9.17) is 0 Å². The summed E-state index contributed by atoms with van der Waals surface area (Å²) in [6.07, 6.45) is 5.57. The normalized spacial score (nSPS) is 18.3. The van der Waals surface area contributed by atoms with Crippen molar-refractivity contribution in [1.82, 2.24) is 15.0 Å². The number of pyridine rings is 1. The van der Waals surface area contributed by atoms with Crippen LogP contribution in [0.3, 0.4) is 0 Å². The Balaban J connectivity index is 2.22. The fourth-order valence-corrected chi connectivity index (χ4v) is 5.81. The van der Waals surface area contributed by atoms with Crippen molar-refractivity contribution in [3.05, 3.63) is 23.8 Å². The van der Waals surface area contributed by atoms with E-state index in [0.717, 1.165) is 47.4 Å². The molecule has 0 atom stereocenters. The van der Waals surface area contributed by atoms with E-state index in [1.54, 1.807) is 6.20 Å². The van der Waals surface area contributed by atoms with Gasteiger partial charge in [-0.3, -0.25) is 0 Å². The Morgan fingerprint density at radius 3 is 2.61 bits per heavy atom. The maximum Gasteiger partial charge on any atom is 0.163 e. The minimum atomic E-state index is -2.19. The Hall–Kier alpha value is -1.28. The lowest BCUT2D eigenvalue weighted by Crippen LogP contribution is -2.13. The topological polar surface area (TPSA) is 55.7 Å². The highest BCUT2D eigenvalue weighted by Gasteiger charge is 2.31. The Labute approximate surface area is 106 Å². The molecule has 0 N–H and O–H groups in total. The lowest BCUT2D eigenvalue weighted by Gasteiger charge is -2.14. The average molecular weight is 261 g/mol. The quantitative estimate of drug-likeness (QED) is 0.740. The molecular formula is C13H16N3OP. The largest absolute Gasteiger partial charge is 0.319 e. The van der Waals surface area contributed by atoms with E-state index in [9.17, 15) is 4.57 Å². The van der Waals surface area contributed by atoms with E-state index < -0.39 is 7.14 Å². The number of aromatic nitrogens is 3. The molecule has 0 radical (unpaired) electrons. The summed E-state index contributed by atoms with van der Waals surface area (Å²) in [5.41, 5.74) is 1.57. The van der Waals surface area contributed by atoms with Crippen molar-refractivity contribution in [3.8, 4) is 0 Å². The second-order valence-electron chi connectivity index (χ2n) is 4.97. The predicted octanol–water partition coefficient (Wildman–Crippen LogP) is 2.42. The molecule has 1 saturated heterocycles. The third-order valence-electron chi connectivity index (χ3n) is 3.58. The number of rotatable bonds is 1. The van der Waals surface area contributed by atoms with E-state index in [1.165, 1.54) is 0 Å². The van der Waals surface area contributed by atoms with Crippen LogP contribution >= 0.6 is 7.14 Å². The van der Waals surface area contributed by atoms with Gasteiger partial charge in [-0.1, -0.05) is 0 Å². The lowest BCUT2D eigenvalue weighted by atomic mass is 10.3. The second-order valence-corrected chi connectivity index (χ2v) is 8.12. The molecule has 1 fully saturated rings. The highest BCUT2D eigenvalue weighted by molar-refractivity contribution is 7.72. The van der Waals surface area contributed by atoms with E-state index >= 15 is 0 Å². The van der Waals surface area contributed by atoms with Gasteiger partial charge >= 0.3 is 0 Å². The summed E-state index contributed by atoms with van der Waals surface area (Å²) in [7, 11) is -2.19. The van der Waals surface area contributed by atoms with Gasteiger partial charge < -0.3 is 4.57 Å². The molecule has 4 nitrogen and oxygen atoms in total. The molecule has 0 saturated carbocycles. The second kappa shape index (κ2) is 4.13. The standard InChI is InChI=1S/C13H16N3OP/c1-9-12(18(17)5-3-4-6-18)7-11-8-14-10(2)16-13(11)15-9/h7-8H,3-6H2,1-2H3. The summed E-state index contributed by atoms with van der Waals surface area (Å²) < 4.78 is 12.9. The van der Waals surface area contributed by atoms with E-state index in [0.29, 0.717) is 5.65 Å². The summed E-state index contributed by atoms with van der Waals surface area (Å²) in [6.45, 7) is 3.79. The first-order valence-corrected chi connectivity index (χ1v) is 8.36. The van der Waals surface area contributed by atoms with Gasteiger partial charge in [0, 0.05) is 29.2 Å². The zero-order valence-electron chi connectivity index (χ0n) is 10.7. The summed E-state index contributed by atoms with van der Waals surface area (Å²) in [5, 5.41) is 1.84. The molecule has 2 aromatic heterocycles. The highest BCUT2D eigenvalue weighted by atomic mass is 31.2. The molecule has 18 heavy (non-hydrogen) atoms. The van der Waals surface area contributed by atoms with Crippen molar-refractivity contribution in [2.75, 3.05) is 12.3 Å². The van der Waals surface area contributed by atoms with E-state index in [1.807, 2.05) is 19.9 Å². The fraction of sp³-hybridized carbons (Fsp3) is 0.462. The van der Waals surface area contributed by atoms with Crippen LogP contribution in [0.5, 0.6) is 0 Å². The van der Waals surface area contributed by atoms with Crippen LogP contribution in [0.1, 0.15) is 24.4 Å². The third kappa shape index (κ3) is 1.85. The molecule has 0 aromatic carbocycles. The Kier molecular flexibility index (Phi) is 2.70.